The third kappa shape index (κ3) is 6.03. The van der Waals surface area contributed by atoms with E-state index in [1.807, 2.05) is 39.0 Å². The van der Waals surface area contributed by atoms with E-state index in [1.165, 1.54) is 10.4 Å². The molecule has 2 N–H and O–H groups in total. The fraction of sp³-hybridized carbons (Fsp3) is 0.406. The summed E-state index contributed by atoms with van der Waals surface area (Å²) < 4.78 is 13.0. The number of carbonyl (C=O) groups excluding carboxylic acids is 1. The van der Waals surface area contributed by atoms with E-state index in [-0.39, 0.29) is 29.6 Å². The predicted molar refractivity (Wildman–Crippen MR) is 159 cm³/mol. The number of para-hydroxylation sites is 1. The van der Waals surface area contributed by atoms with E-state index in [2.05, 4.69) is 92.4 Å². The van der Waals surface area contributed by atoms with Gasteiger partial charge in [-0.3, -0.25) is 4.79 Å². The number of esters is 1. The molecule has 1 heterocycles. The topological polar surface area (TPSA) is 64.8 Å². The fourth-order valence-electron chi connectivity index (χ4n) is 5.54. The van der Waals surface area contributed by atoms with Crippen LogP contribution in [0.15, 0.2) is 84.9 Å². The van der Waals surface area contributed by atoms with Crippen LogP contribution in [0, 0.1) is 0 Å². The molecule has 3 aromatic rings. The number of hydrogen-bond acceptors (Lipinski definition) is 5. The second-order valence-corrected chi connectivity index (χ2v) is 16.5. The van der Waals surface area contributed by atoms with Crippen molar-refractivity contribution in [2.45, 2.75) is 70.7 Å². The Balaban J connectivity index is 1.66. The zero-order chi connectivity index (χ0) is 27.6. The SMILES string of the molecule is CC(C)(C)OC(=O)Cc1ccccc1N1C[C@H](O[Si](c2ccccc2)(c2ccccc2)C(C)(C)C)[C@@H](N)C1. The summed E-state index contributed by atoms with van der Waals surface area (Å²) in [6.45, 7) is 13.9. The molecule has 0 saturated carbocycles. The lowest BCUT2D eigenvalue weighted by Gasteiger charge is -2.45. The molecule has 3 aromatic carbocycles. The Morgan fingerprint density at radius 1 is 0.842 bits per heavy atom. The lowest BCUT2D eigenvalue weighted by Crippen LogP contribution is -2.68. The molecule has 38 heavy (non-hydrogen) atoms. The van der Waals surface area contributed by atoms with Gasteiger partial charge in [-0.2, -0.15) is 0 Å². The maximum absolute atomic E-state index is 12.7. The van der Waals surface area contributed by atoms with E-state index in [4.69, 9.17) is 14.9 Å². The summed E-state index contributed by atoms with van der Waals surface area (Å²) in [5.74, 6) is -0.228. The first-order valence-corrected chi connectivity index (χ1v) is 15.4. The first-order valence-electron chi connectivity index (χ1n) is 13.5. The highest BCUT2D eigenvalue weighted by Gasteiger charge is 2.53. The van der Waals surface area contributed by atoms with Gasteiger partial charge >= 0.3 is 5.97 Å². The van der Waals surface area contributed by atoms with Crippen LogP contribution in [0.25, 0.3) is 0 Å². The Hall–Kier alpha value is -2.93. The molecule has 1 aliphatic heterocycles. The van der Waals surface area contributed by atoms with E-state index >= 15 is 0 Å². The van der Waals surface area contributed by atoms with Crippen molar-refractivity contribution >= 4 is 30.3 Å². The minimum Gasteiger partial charge on any atom is -0.460 e. The molecule has 0 bridgehead atoms. The Labute approximate surface area is 229 Å². The van der Waals surface area contributed by atoms with Crippen LogP contribution in [-0.4, -0.2) is 45.1 Å². The lowest BCUT2D eigenvalue weighted by atomic mass is 10.1. The maximum atomic E-state index is 12.7. The molecule has 1 aliphatic rings. The zero-order valence-corrected chi connectivity index (χ0v) is 24.6. The van der Waals surface area contributed by atoms with Crippen LogP contribution in [0.3, 0.4) is 0 Å². The molecule has 1 fully saturated rings. The van der Waals surface area contributed by atoms with Crippen LogP contribution in [0.4, 0.5) is 5.69 Å². The second-order valence-electron chi connectivity index (χ2n) is 12.3. The van der Waals surface area contributed by atoms with Gasteiger partial charge in [0.2, 0.25) is 0 Å². The van der Waals surface area contributed by atoms with E-state index < -0.39 is 13.9 Å². The van der Waals surface area contributed by atoms with E-state index in [9.17, 15) is 4.79 Å². The van der Waals surface area contributed by atoms with Crippen molar-refractivity contribution in [2.24, 2.45) is 5.73 Å². The molecule has 0 aromatic heterocycles. The van der Waals surface area contributed by atoms with Gasteiger partial charge < -0.3 is 19.8 Å². The van der Waals surface area contributed by atoms with Gasteiger partial charge in [-0.25, -0.2) is 0 Å². The van der Waals surface area contributed by atoms with Crippen molar-refractivity contribution < 1.29 is 14.0 Å². The Bertz CT molecular complexity index is 1180. The summed E-state index contributed by atoms with van der Waals surface area (Å²) in [6.07, 6.45) is 0.0651. The smallest absolute Gasteiger partial charge is 0.310 e. The molecule has 5 nitrogen and oxygen atoms in total. The maximum Gasteiger partial charge on any atom is 0.310 e. The van der Waals surface area contributed by atoms with Crippen molar-refractivity contribution in [1.82, 2.24) is 0 Å². The molecule has 2 atom stereocenters. The molecule has 0 spiro atoms. The molecular weight excluding hydrogens is 488 g/mol. The van der Waals surface area contributed by atoms with Crippen LogP contribution in [0.1, 0.15) is 47.1 Å². The second kappa shape index (κ2) is 11.0. The van der Waals surface area contributed by atoms with Gasteiger partial charge in [0.05, 0.1) is 12.5 Å². The van der Waals surface area contributed by atoms with Crippen molar-refractivity contribution in [3.8, 4) is 0 Å². The van der Waals surface area contributed by atoms with Crippen LogP contribution < -0.4 is 21.0 Å². The highest BCUT2D eigenvalue weighted by molar-refractivity contribution is 6.99. The molecule has 4 rings (SSSR count). The number of hydrogen-bond donors (Lipinski definition) is 1. The molecule has 0 aliphatic carbocycles. The van der Waals surface area contributed by atoms with Gasteiger partial charge in [0.15, 0.2) is 0 Å². The first-order chi connectivity index (χ1) is 17.9. The monoisotopic (exact) mass is 530 g/mol. The summed E-state index contributed by atoms with van der Waals surface area (Å²) in [6, 6.07) is 29.2. The third-order valence-corrected chi connectivity index (χ3v) is 12.2. The number of nitrogens with two attached hydrogens (primary N) is 1. The number of carbonyl (C=O) groups is 1. The van der Waals surface area contributed by atoms with Gasteiger partial charge in [-0.05, 0) is 47.8 Å². The fourth-order valence-corrected chi connectivity index (χ4v) is 10.3. The van der Waals surface area contributed by atoms with E-state index in [0.29, 0.717) is 13.1 Å². The molecule has 0 amide bonds. The van der Waals surface area contributed by atoms with Gasteiger partial charge in [0.1, 0.15) is 5.60 Å². The summed E-state index contributed by atoms with van der Waals surface area (Å²) >= 11 is 0. The summed E-state index contributed by atoms with van der Waals surface area (Å²) in [4.78, 5) is 14.9. The molecule has 0 unspecified atom stereocenters. The summed E-state index contributed by atoms with van der Waals surface area (Å²) in [7, 11) is -2.73. The molecular formula is C32H42N2O3Si. The number of benzene rings is 3. The standard InChI is InChI=1S/C32H42N2O3Si/c1-31(2,3)36-30(35)21-24-15-13-14-20-28(24)34-22-27(33)29(23-34)37-38(32(4,5)6,25-16-9-7-10-17-25)26-18-11-8-12-19-26/h7-20,27,29H,21-23,33H2,1-6H3/t27-,29-/m0/s1. The van der Waals surface area contributed by atoms with Gasteiger partial charge in [0.25, 0.3) is 8.32 Å². The van der Waals surface area contributed by atoms with Crippen LogP contribution >= 0.6 is 0 Å². The molecule has 0 radical (unpaired) electrons. The van der Waals surface area contributed by atoms with E-state index in [1.54, 1.807) is 0 Å². The highest BCUT2D eigenvalue weighted by Crippen LogP contribution is 2.39. The number of nitrogens with zero attached hydrogens (tertiary/aromatic N) is 1. The number of ether oxygens (including phenoxy) is 1. The molecule has 202 valence electrons. The largest absolute Gasteiger partial charge is 0.460 e. The summed E-state index contributed by atoms with van der Waals surface area (Å²) in [5, 5.41) is 2.36. The third-order valence-electron chi connectivity index (χ3n) is 7.14. The van der Waals surface area contributed by atoms with Gasteiger partial charge in [0, 0.05) is 24.8 Å². The van der Waals surface area contributed by atoms with Crippen molar-refractivity contribution in [3.05, 3.63) is 90.5 Å². The lowest BCUT2D eigenvalue weighted by molar-refractivity contribution is -0.153. The minimum atomic E-state index is -2.73. The normalized spacial score (nSPS) is 18.4. The van der Waals surface area contributed by atoms with Crippen LogP contribution in [0.5, 0.6) is 0 Å². The zero-order valence-electron chi connectivity index (χ0n) is 23.6. The average molecular weight is 531 g/mol. The van der Waals surface area contributed by atoms with Gasteiger partial charge in [-0.1, -0.05) is 99.6 Å². The number of anilines is 1. The van der Waals surface area contributed by atoms with Crippen molar-refractivity contribution in [2.75, 3.05) is 18.0 Å². The molecule has 1 saturated heterocycles. The predicted octanol–water partition coefficient (Wildman–Crippen LogP) is 4.66. The Kier molecular flexibility index (Phi) is 8.16. The quantitative estimate of drug-likeness (QED) is 0.356. The van der Waals surface area contributed by atoms with Gasteiger partial charge in [-0.15, -0.1) is 0 Å². The van der Waals surface area contributed by atoms with Crippen molar-refractivity contribution in [1.29, 1.82) is 0 Å². The van der Waals surface area contributed by atoms with Crippen LogP contribution in [0.2, 0.25) is 5.04 Å². The summed E-state index contributed by atoms with van der Waals surface area (Å²) in [5.41, 5.74) is 8.26. The Morgan fingerprint density at radius 2 is 1.37 bits per heavy atom. The highest BCUT2D eigenvalue weighted by atomic mass is 28.4. The van der Waals surface area contributed by atoms with E-state index in [0.717, 1.165) is 11.3 Å². The minimum absolute atomic E-state index is 0.128. The molecule has 6 heteroatoms. The number of rotatable bonds is 7. The van der Waals surface area contributed by atoms with Crippen molar-refractivity contribution in [3.63, 3.8) is 0 Å². The average Bonchev–Trinajstić information content (AvgIpc) is 3.21. The van der Waals surface area contributed by atoms with Crippen LogP contribution in [-0.2, 0) is 20.4 Å². The Morgan fingerprint density at radius 3 is 1.89 bits per heavy atom. The first kappa shape index (κ1) is 28.1.